The van der Waals surface area contributed by atoms with Crippen LogP contribution >= 0.6 is 0 Å². The van der Waals surface area contributed by atoms with E-state index in [-0.39, 0.29) is 6.10 Å². The number of rotatable bonds is 4. The molecular weight excluding hydrogens is 204 g/mol. The minimum Gasteiger partial charge on any atom is -0.480 e. The molecule has 2 amide bonds. The van der Waals surface area contributed by atoms with Gasteiger partial charge in [0.2, 0.25) is 0 Å². The standard InChI is InChI=1S/C8H14N2O5/c11-7(12)4-10-8(13)9-3-6-5-14-1-2-15-6/h6H,1-5H2,(H,11,12)(H2,9,10,13). The molecule has 0 aromatic carbocycles. The van der Waals surface area contributed by atoms with Gasteiger partial charge in [0.25, 0.3) is 0 Å². The Labute approximate surface area is 86.7 Å². The summed E-state index contributed by atoms with van der Waals surface area (Å²) in [5.74, 6) is -1.08. The lowest BCUT2D eigenvalue weighted by molar-refractivity contribution is -0.135. The highest BCUT2D eigenvalue weighted by Gasteiger charge is 2.15. The lowest BCUT2D eigenvalue weighted by Crippen LogP contribution is -2.44. The van der Waals surface area contributed by atoms with Crippen molar-refractivity contribution in [2.75, 3.05) is 32.9 Å². The first-order valence-corrected chi connectivity index (χ1v) is 4.61. The fraction of sp³-hybridized carbons (Fsp3) is 0.750. The predicted molar refractivity (Wildman–Crippen MR) is 49.6 cm³/mol. The molecule has 0 bridgehead atoms. The highest BCUT2D eigenvalue weighted by Crippen LogP contribution is 1.98. The SMILES string of the molecule is O=C(O)CNC(=O)NCC1COCCO1. The molecule has 1 aliphatic heterocycles. The van der Waals surface area contributed by atoms with Gasteiger partial charge in [-0.3, -0.25) is 4.79 Å². The monoisotopic (exact) mass is 218 g/mol. The predicted octanol–water partition coefficient (Wildman–Crippen LogP) is -1.21. The van der Waals surface area contributed by atoms with Gasteiger partial charge in [0.05, 0.1) is 25.9 Å². The van der Waals surface area contributed by atoms with E-state index in [4.69, 9.17) is 14.6 Å². The number of nitrogens with one attached hydrogen (secondary N) is 2. The van der Waals surface area contributed by atoms with Gasteiger partial charge < -0.3 is 25.2 Å². The third kappa shape index (κ3) is 5.18. The van der Waals surface area contributed by atoms with Crippen molar-refractivity contribution in [3.05, 3.63) is 0 Å². The number of urea groups is 1. The van der Waals surface area contributed by atoms with E-state index in [1.165, 1.54) is 0 Å². The van der Waals surface area contributed by atoms with Gasteiger partial charge in [-0.05, 0) is 0 Å². The Bertz CT molecular complexity index is 227. The molecule has 1 aliphatic rings. The first-order chi connectivity index (χ1) is 7.18. The summed E-state index contributed by atoms with van der Waals surface area (Å²) in [4.78, 5) is 21.1. The van der Waals surface area contributed by atoms with Crippen LogP contribution in [0.1, 0.15) is 0 Å². The zero-order chi connectivity index (χ0) is 11.1. The fourth-order valence-electron chi connectivity index (χ4n) is 1.08. The van der Waals surface area contributed by atoms with Crippen LogP contribution in [0.5, 0.6) is 0 Å². The third-order valence-corrected chi connectivity index (χ3v) is 1.78. The van der Waals surface area contributed by atoms with Crippen LogP contribution in [0.25, 0.3) is 0 Å². The van der Waals surface area contributed by atoms with Crippen molar-refractivity contribution in [2.24, 2.45) is 0 Å². The quantitative estimate of drug-likeness (QED) is 0.550. The Morgan fingerprint density at radius 3 is 2.73 bits per heavy atom. The average Bonchev–Trinajstić information content (AvgIpc) is 2.25. The van der Waals surface area contributed by atoms with Crippen molar-refractivity contribution in [3.8, 4) is 0 Å². The zero-order valence-electron chi connectivity index (χ0n) is 8.19. The summed E-state index contributed by atoms with van der Waals surface area (Å²) in [6.45, 7) is 1.45. The average molecular weight is 218 g/mol. The summed E-state index contributed by atoms with van der Waals surface area (Å²) >= 11 is 0. The van der Waals surface area contributed by atoms with Gasteiger partial charge in [-0.15, -0.1) is 0 Å². The van der Waals surface area contributed by atoms with E-state index in [2.05, 4.69) is 10.6 Å². The van der Waals surface area contributed by atoms with Gasteiger partial charge in [-0.25, -0.2) is 4.79 Å². The van der Waals surface area contributed by atoms with E-state index in [1.807, 2.05) is 0 Å². The summed E-state index contributed by atoms with van der Waals surface area (Å²) in [5, 5.41) is 13.0. The molecule has 1 rings (SSSR count). The molecule has 1 fully saturated rings. The number of carbonyl (C=O) groups excluding carboxylic acids is 1. The second kappa shape index (κ2) is 6.20. The Kier molecular flexibility index (Phi) is 4.85. The molecule has 1 atom stereocenters. The molecule has 0 aromatic rings. The Morgan fingerprint density at radius 2 is 2.13 bits per heavy atom. The molecule has 0 aromatic heterocycles. The number of aliphatic carboxylic acids is 1. The van der Waals surface area contributed by atoms with Crippen LogP contribution in [-0.2, 0) is 14.3 Å². The number of carboxylic acid groups (broad SMARTS) is 1. The van der Waals surface area contributed by atoms with Gasteiger partial charge in [0.15, 0.2) is 0 Å². The molecule has 86 valence electrons. The Morgan fingerprint density at radius 1 is 1.33 bits per heavy atom. The maximum atomic E-state index is 11.0. The normalized spacial score (nSPS) is 20.7. The number of ether oxygens (including phenoxy) is 2. The van der Waals surface area contributed by atoms with E-state index in [1.54, 1.807) is 0 Å². The summed E-state index contributed by atoms with van der Waals surface area (Å²) in [6.07, 6.45) is -0.158. The first kappa shape index (κ1) is 11.7. The number of hydrogen-bond donors (Lipinski definition) is 3. The van der Waals surface area contributed by atoms with Crippen LogP contribution in [-0.4, -0.2) is 56.1 Å². The maximum absolute atomic E-state index is 11.0. The number of hydrogen-bond acceptors (Lipinski definition) is 4. The third-order valence-electron chi connectivity index (χ3n) is 1.78. The molecule has 1 heterocycles. The van der Waals surface area contributed by atoms with Crippen LogP contribution in [0.3, 0.4) is 0 Å². The van der Waals surface area contributed by atoms with Crippen molar-refractivity contribution < 1.29 is 24.2 Å². The molecule has 0 aliphatic carbocycles. The van der Waals surface area contributed by atoms with Crippen LogP contribution in [0.15, 0.2) is 0 Å². The lowest BCUT2D eigenvalue weighted by Gasteiger charge is -2.22. The van der Waals surface area contributed by atoms with E-state index in [0.717, 1.165) is 0 Å². The topological polar surface area (TPSA) is 96.9 Å². The van der Waals surface area contributed by atoms with Gasteiger partial charge >= 0.3 is 12.0 Å². The number of carbonyl (C=O) groups is 2. The first-order valence-electron chi connectivity index (χ1n) is 4.61. The molecular formula is C8H14N2O5. The van der Waals surface area contributed by atoms with E-state index >= 15 is 0 Å². The highest BCUT2D eigenvalue weighted by atomic mass is 16.6. The molecule has 0 saturated carbocycles. The van der Waals surface area contributed by atoms with Gasteiger partial charge in [-0.1, -0.05) is 0 Å². The summed E-state index contributed by atoms with van der Waals surface area (Å²) in [6, 6.07) is -0.522. The molecule has 3 N–H and O–H groups in total. The smallest absolute Gasteiger partial charge is 0.323 e. The molecule has 0 spiro atoms. The van der Waals surface area contributed by atoms with Crippen molar-refractivity contribution in [2.45, 2.75) is 6.10 Å². The second-order valence-electron chi connectivity index (χ2n) is 3.03. The Balaban J connectivity index is 2.07. The highest BCUT2D eigenvalue weighted by molar-refractivity contribution is 5.79. The molecule has 1 saturated heterocycles. The fourth-order valence-corrected chi connectivity index (χ4v) is 1.08. The van der Waals surface area contributed by atoms with Gasteiger partial charge in [-0.2, -0.15) is 0 Å². The van der Waals surface area contributed by atoms with Crippen molar-refractivity contribution in [3.63, 3.8) is 0 Å². The molecule has 0 radical (unpaired) electrons. The van der Waals surface area contributed by atoms with Crippen LogP contribution < -0.4 is 10.6 Å². The molecule has 7 heteroatoms. The van der Waals surface area contributed by atoms with Crippen molar-refractivity contribution in [1.82, 2.24) is 10.6 Å². The molecule has 15 heavy (non-hydrogen) atoms. The van der Waals surface area contributed by atoms with Gasteiger partial charge in [0.1, 0.15) is 6.54 Å². The largest absolute Gasteiger partial charge is 0.480 e. The minimum atomic E-state index is -1.08. The van der Waals surface area contributed by atoms with Crippen LogP contribution in [0, 0.1) is 0 Å². The summed E-state index contributed by atoms with van der Waals surface area (Å²) < 4.78 is 10.4. The van der Waals surface area contributed by atoms with Crippen molar-refractivity contribution in [1.29, 1.82) is 0 Å². The minimum absolute atomic E-state index is 0.158. The summed E-state index contributed by atoms with van der Waals surface area (Å²) in [7, 11) is 0. The number of carboxylic acids is 1. The molecule has 7 nitrogen and oxygen atoms in total. The zero-order valence-corrected chi connectivity index (χ0v) is 8.19. The van der Waals surface area contributed by atoms with E-state index < -0.39 is 18.5 Å². The van der Waals surface area contributed by atoms with Gasteiger partial charge in [0, 0.05) is 6.54 Å². The van der Waals surface area contributed by atoms with E-state index in [9.17, 15) is 9.59 Å². The Hall–Kier alpha value is -1.34. The lowest BCUT2D eigenvalue weighted by atomic mass is 10.3. The van der Waals surface area contributed by atoms with Crippen LogP contribution in [0.4, 0.5) is 4.79 Å². The summed E-state index contributed by atoms with van der Waals surface area (Å²) in [5.41, 5.74) is 0. The van der Waals surface area contributed by atoms with Crippen LogP contribution in [0.2, 0.25) is 0 Å². The van der Waals surface area contributed by atoms with E-state index in [0.29, 0.717) is 26.4 Å². The second-order valence-corrected chi connectivity index (χ2v) is 3.03. The van der Waals surface area contributed by atoms with Crippen molar-refractivity contribution >= 4 is 12.0 Å². The molecule has 1 unspecified atom stereocenters. The maximum Gasteiger partial charge on any atom is 0.323 e. The number of amides is 2.